The van der Waals surface area contributed by atoms with E-state index in [1.165, 1.54) is 5.56 Å². The van der Waals surface area contributed by atoms with Crippen LogP contribution in [0.2, 0.25) is 0 Å². The molecule has 2 aromatic carbocycles. The lowest BCUT2D eigenvalue weighted by molar-refractivity contribution is 0.102. The first-order valence-corrected chi connectivity index (χ1v) is 8.95. The van der Waals surface area contributed by atoms with E-state index in [2.05, 4.69) is 19.2 Å². The highest BCUT2D eigenvalue weighted by atomic mass is 16.2. The third-order valence-electron chi connectivity index (χ3n) is 4.66. The molecule has 3 aromatic rings. The second-order valence-electron chi connectivity index (χ2n) is 6.91. The van der Waals surface area contributed by atoms with Gasteiger partial charge in [-0.1, -0.05) is 37.6 Å². The number of aromatic nitrogens is 1. The molecule has 4 heteroatoms. The lowest BCUT2D eigenvalue weighted by Crippen LogP contribution is -2.24. The molecular weight excluding hydrogens is 324 g/mol. The first-order chi connectivity index (χ1) is 12.4. The molecule has 0 saturated carbocycles. The largest absolute Gasteiger partial charge is 0.347 e. The second kappa shape index (κ2) is 7.16. The van der Waals surface area contributed by atoms with Gasteiger partial charge in [-0.05, 0) is 49.6 Å². The predicted molar refractivity (Wildman–Crippen MR) is 107 cm³/mol. The number of nitrogens with zero attached hydrogens (tertiary/aromatic N) is 1. The standard InChI is InChI=1S/C22H24N2O2/c1-5-24-13-19(21(25)18-12-15(4)6-11-20(18)24)22(26)23-17-9-7-16(8-10-17)14(2)3/h6-14H,5H2,1-4H3,(H,23,26). The molecule has 0 atom stereocenters. The van der Waals surface area contributed by atoms with Gasteiger partial charge >= 0.3 is 0 Å². The van der Waals surface area contributed by atoms with Gasteiger partial charge in [0.1, 0.15) is 5.56 Å². The Kier molecular flexibility index (Phi) is 4.94. The molecule has 0 aliphatic rings. The van der Waals surface area contributed by atoms with Gasteiger partial charge in [0.15, 0.2) is 0 Å². The van der Waals surface area contributed by atoms with E-state index >= 15 is 0 Å². The van der Waals surface area contributed by atoms with Crippen molar-refractivity contribution in [1.29, 1.82) is 0 Å². The first kappa shape index (κ1) is 17.9. The van der Waals surface area contributed by atoms with E-state index in [-0.39, 0.29) is 16.9 Å². The molecule has 1 heterocycles. The summed E-state index contributed by atoms with van der Waals surface area (Å²) in [6, 6.07) is 13.5. The van der Waals surface area contributed by atoms with E-state index in [0.717, 1.165) is 11.1 Å². The Labute approximate surface area is 153 Å². The molecule has 0 saturated heterocycles. The Balaban J connectivity index is 2.00. The molecule has 26 heavy (non-hydrogen) atoms. The maximum atomic E-state index is 12.8. The highest BCUT2D eigenvalue weighted by molar-refractivity contribution is 6.05. The lowest BCUT2D eigenvalue weighted by Gasteiger charge is -2.13. The van der Waals surface area contributed by atoms with Gasteiger partial charge in [-0.25, -0.2) is 0 Å². The summed E-state index contributed by atoms with van der Waals surface area (Å²) in [6.45, 7) is 8.87. The molecule has 1 N–H and O–H groups in total. The number of fused-ring (bicyclic) bond motifs is 1. The molecule has 1 aromatic heterocycles. The molecule has 3 rings (SSSR count). The van der Waals surface area contributed by atoms with Gasteiger partial charge < -0.3 is 9.88 Å². The smallest absolute Gasteiger partial charge is 0.261 e. The van der Waals surface area contributed by atoms with E-state index in [4.69, 9.17) is 0 Å². The van der Waals surface area contributed by atoms with E-state index in [0.29, 0.717) is 23.5 Å². The average molecular weight is 348 g/mol. The van der Waals surface area contributed by atoms with E-state index in [9.17, 15) is 9.59 Å². The number of anilines is 1. The van der Waals surface area contributed by atoms with Crippen LogP contribution < -0.4 is 10.7 Å². The minimum atomic E-state index is -0.377. The van der Waals surface area contributed by atoms with Crippen molar-refractivity contribution in [2.24, 2.45) is 0 Å². The van der Waals surface area contributed by atoms with Crippen molar-refractivity contribution in [1.82, 2.24) is 4.57 Å². The lowest BCUT2D eigenvalue weighted by atomic mass is 10.0. The normalized spacial score (nSPS) is 11.1. The summed E-state index contributed by atoms with van der Waals surface area (Å²) in [4.78, 5) is 25.6. The van der Waals surface area contributed by atoms with Crippen LogP contribution in [0.1, 0.15) is 48.2 Å². The maximum Gasteiger partial charge on any atom is 0.261 e. The Morgan fingerprint density at radius 3 is 2.42 bits per heavy atom. The van der Waals surface area contributed by atoms with Crippen molar-refractivity contribution in [2.45, 2.75) is 40.2 Å². The maximum absolute atomic E-state index is 12.8. The number of carbonyl (C=O) groups is 1. The van der Waals surface area contributed by atoms with Crippen LogP contribution in [0, 0.1) is 6.92 Å². The zero-order valence-electron chi connectivity index (χ0n) is 15.7. The molecular formula is C22H24N2O2. The van der Waals surface area contributed by atoms with Crippen molar-refractivity contribution in [3.8, 4) is 0 Å². The molecule has 0 unspecified atom stereocenters. The average Bonchev–Trinajstić information content (AvgIpc) is 2.62. The van der Waals surface area contributed by atoms with Crippen molar-refractivity contribution >= 4 is 22.5 Å². The summed E-state index contributed by atoms with van der Waals surface area (Å²) < 4.78 is 1.94. The van der Waals surface area contributed by atoms with Crippen LogP contribution in [0.4, 0.5) is 5.69 Å². The van der Waals surface area contributed by atoms with Gasteiger partial charge in [0.25, 0.3) is 5.91 Å². The molecule has 0 radical (unpaired) electrons. The molecule has 0 fully saturated rings. The summed E-state index contributed by atoms with van der Waals surface area (Å²) in [6.07, 6.45) is 1.65. The summed E-state index contributed by atoms with van der Waals surface area (Å²) >= 11 is 0. The van der Waals surface area contributed by atoms with E-state index < -0.39 is 0 Å². The van der Waals surface area contributed by atoms with Crippen LogP contribution in [0.25, 0.3) is 10.9 Å². The summed E-state index contributed by atoms with van der Waals surface area (Å²) in [5.74, 6) is 0.0538. The van der Waals surface area contributed by atoms with Crippen molar-refractivity contribution in [3.05, 3.63) is 75.6 Å². The highest BCUT2D eigenvalue weighted by Gasteiger charge is 2.15. The van der Waals surface area contributed by atoms with Crippen LogP contribution in [0.3, 0.4) is 0 Å². The van der Waals surface area contributed by atoms with Gasteiger partial charge in [0.05, 0.1) is 5.52 Å². The van der Waals surface area contributed by atoms with Crippen molar-refractivity contribution < 1.29 is 4.79 Å². The summed E-state index contributed by atoms with van der Waals surface area (Å²) in [5.41, 5.74) is 3.67. The number of hydrogen-bond acceptors (Lipinski definition) is 2. The fraction of sp³-hybridized carbons (Fsp3) is 0.273. The minimum absolute atomic E-state index is 0.165. The summed E-state index contributed by atoms with van der Waals surface area (Å²) in [7, 11) is 0. The van der Waals surface area contributed by atoms with Gasteiger partial charge in [0, 0.05) is 23.8 Å². The van der Waals surface area contributed by atoms with Crippen LogP contribution >= 0.6 is 0 Å². The second-order valence-corrected chi connectivity index (χ2v) is 6.91. The Morgan fingerprint density at radius 2 is 1.81 bits per heavy atom. The SMILES string of the molecule is CCn1cc(C(=O)Nc2ccc(C(C)C)cc2)c(=O)c2cc(C)ccc21. The number of amides is 1. The Morgan fingerprint density at radius 1 is 1.12 bits per heavy atom. The molecule has 134 valence electrons. The molecule has 0 aliphatic carbocycles. The first-order valence-electron chi connectivity index (χ1n) is 8.95. The topological polar surface area (TPSA) is 51.1 Å². The minimum Gasteiger partial charge on any atom is -0.347 e. The molecule has 4 nitrogen and oxygen atoms in total. The van der Waals surface area contributed by atoms with Crippen molar-refractivity contribution in [2.75, 3.05) is 5.32 Å². The number of benzene rings is 2. The quantitative estimate of drug-likeness (QED) is 0.742. The van der Waals surface area contributed by atoms with Gasteiger partial charge in [0.2, 0.25) is 5.43 Å². The summed E-state index contributed by atoms with van der Waals surface area (Å²) in [5, 5.41) is 3.42. The molecule has 0 bridgehead atoms. The third kappa shape index (κ3) is 3.40. The van der Waals surface area contributed by atoms with Crippen LogP contribution in [0.5, 0.6) is 0 Å². The third-order valence-corrected chi connectivity index (χ3v) is 4.66. The number of aryl methyl sites for hydroxylation is 2. The Bertz CT molecular complexity index is 1010. The molecule has 0 spiro atoms. The highest BCUT2D eigenvalue weighted by Crippen LogP contribution is 2.18. The zero-order valence-corrected chi connectivity index (χ0v) is 15.7. The van der Waals surface area contributed by atoms with E-state index in [1.54, 1.807) is 6.20 Å². The number of pyridine rings is 1. The van der Waals surface area contributed by atoms with E-state index in [1.807, 2.05) is 60.9 Å². The van der Waals surface area contributed by atoms with Crippen molar-refractivity contribution in [3.63, 3.8) is 0 Å². The molecule has 0 aliphatic heterocycles. The van der Waals surface area contributed by atoms with Gasteiger partial charge in [-0.15, -0.1) is 0 Å². The fourth-order valence-corrected chi connectivity index (χ4v) is 3.08. The molecule has 1 amide bonds. The monoisotopic (exact) mass is 348 g/mol. The number of nitrogens with one attached hydrogen (secondary N) is 1. The van der Waals surface area contributed by atoms with Crippen LogP contribution in [0.15, 0.2) is 53.5 Å². The van der Waals surface area contributed by atoms with Gasteiger partial charge in [-0.3, -0.25) is 9.59 Å². The van der Waals surface area contributed by atoms with Crippen LogP contribution in [-0.2, 0) is 6.54 Å². The fourth-order valence-electron chi connectivity index (χ4n) is 3.08. The predicted octanol–water partition coefficient (Wildman–Crippen LogP) is 4.71. The van der Waals surface area contributed by atoms with Crippen LogP contribution in [-0.4, -0.2) is 10.5 Å². The number of carbonyl (C=O) groups excluding carboxylic acids is 1. The van der Waals surface area contributed by atoms with Gasteiger partial charge in [-0.2, -0.15) is 0 Å². The number of rotatable bonds is 4. The zero-order chi connectivity index (χ0) is 18.8. The number of hydrogen-bond donors (Lipinski definition) is 1. The Hall–Kier alpha value is -2.88.